The second-order valence-corrected chi connectivity index (χ2v) is 5.64. The number of halogens is 3. The molecule has 144 valence electrons. The summed E-state index contributed by atoms with van der Waals surface area (Å²) in [6.07, 6.45) is -4.22. The lowest BCUT2D eigenvalue weighted by molar-refractivity contribution is -0.147. The summed E-state index contributed by atoms with van der Waals surface area (Å²) in [4.78, 5) is 20.1. The third-order valence-corrected chi connectivity index (χ3v) is 3.67. The third-order valence-electron chi connectivity index (χ3n) is 3.67. The van der Waals surface area contributed by atoms with E-state index in [9.17, 15) is 18.0 Å². The molecule has 2 aromatic rings. The maximum absolute atomic E-state index is 12.7. The van der Waals surface area contributed by atoms with Gasteiger partial charge in [-0.05, 0) is 12.5 Å². The van der Waals surface area contributed by atoms with Crippen molar-refractivity contribution < 1.29 is 27.8 Å². The number of hydrogen-bond donors (Lipinski definition) is 2. The molecule has 0 atom stereocenters. The van der Waals surface area contributed by atoms with Crippen LogP contribution in [0, 0.1) is 0 Å². The van der Waals surface area contributed by atoms with E-state index < -0.39 is 18.3 Å². The van der Waals surface area contributed by atoms with Crippen LogP contribution in [0.3, 0.4) is 0 Å². The van der Waals surface area contributed by atoms with Crippen LogP contribution in [0.5, 0.6) is 11.5 Å². The Labute approximate surface area is 147 Å². The average Bonchev–Trinajstić information content (AvgIpc) is 2.57. The molecular weight excluding hydrogens is 355 g/mol. The van der Waals surface area contributed by atoms with Gasteiger partial charge in [0.05, 0.1) is 38.2 Å². The first-order valence-electron chi connectivity index (χ1n) is 7.82. The van der Waals surface area contributed by atoms with Crippen molar-refractivity contribution in [2.45, 2.75) is 19.1 Å². The molecule has 0 radical (unpaired) electrons. The van der Waals surface area contributed by atoms with Gasteiger partial charge in [0, 0.05) is 19.2 Å². The summed E-state index contributed by atoms with van der Waals surface area (Å²) < 4.78 is 48.5. The Bertz CT molecular complexity index is 808. The van der Waals surface area contributed by atoms with Crippen LogP contribution < -0.4 is 15.0 Å². The zero-order valence-corrected chi connectivity index (χ0v) is 14.4. The fourth-order valence-corrected chi connectivity index (χ4v) is 2.56. The highest BCUT2D eigenvalue weighted by Gasteiger charge is 2.30. The molecule has 0 aliphatic heterocycles. The number of aliphatic hydroxyl groups is 1. The average molecular weight is 375 g/mol. The summed E-state index contributed by atoms with van der Waals surface area (Å²) in [6, 6.07) is 2.96. The van der Waals surface area contributed by atoms with E-state index in [2.05, 4.69) is 9.97 Å². The zero-order valence-electron chi connectivity index (χ0n) is 14.4. The van der Waals surface area contributed by atoms with E-state index in [1.165, 1.54) is 26.4 Å². The number of methoxy groups -OCH3 is 2. The van der Waals surface area contributed by atoms with Crippen molar-refractivity contribution in [3.05, 3.63) is 28.3 Å². The summed E-state index contributed by atoms with van der Waals surface area (Å²) >= 11 is 0. The molecule has 26 heavy (non-hydrogen) atoms. The molecule has 0 bridgehead atoms. The minimum absolute atomic E-state index is 0.0176. The van der Waals surface area contributed by atoms with Gasteiger partial charge in [0.15, 0.2) is 11.5 Å². The molecule has 0 amide bonds. The second-order valence-electron chi connectivity index (χ2n) is 5.64. The summed E-state index contributed by atoms with van der Waals surface area (Å²) in [6.45, 7) is -1.59. The van der Waals surface area contributed by atoms with Crippen LogP contribution in [-0.2, 0) is 6.54 Å². The van der Waals surface area contributed by atoms with Crippen LogP contribution in [-0.4, -0.2) is 60.1 Å². The maximum atomic E-state index is 12.7. The van der Waals surface area contributed by atoms with Crippen LogP contribution in [0.4, 0.5) is 13.2 Å². The van der Waals surface area contributed by atoms with Gasteiger partial charge in [-0.15, -0.1) is 0 Å². The molecule has 2 rings (SSSR count). The highest BCUT2D eigenvalue weighted by molar-refractivity contribution is 5.81. The molecule has 1 aromatic carbocycles. The first kappa shape index (κ1) is 20.0. The Balaban J connectivity index is 2.37. The van der Waals surface area contributed by atoms with Gasteiger partial charge in [-0.25, -0.2) is 4.98 Å². The number of H-pyrrole nitrogens is 1. The van der Waals surface area contributed by atoms with Gasteiger partial charge >= 0.3 is 6.18 Å². The number of aromatic amines is 1. The van der Waals surface area contributed by atoms with Crippen molar-refractivity contribution in [3.63, 3.8) is 0 Å². The maximum Gasteiger partial charge on any atom is 0.401 e. The number of nitrogens with zero attached hydrogens (tertiary/aromatic N) is 2. The van der Waals surface area contributed by atoms with Crippen LogP contribution >= 0.6 is 0 Å². The number of benzene rings is 1. The van der Waals surface area contributed by atoms with Crippen molar-refractivity contribution in [3.8, 4) is 11.5 Å². The zero-order chi connectivity index (χ0) is 19.3. The molecule has 0 fully saturated rings. The molecule has 0 saturated carbocycles. The molecule has 0 aliphatic rings. The largest absolute Gasteiger partial charge is 0.493 e. The molecule has 0 spiro atoms. The lowest BCUT2D eigenvalue weighted by atomic mass is 10.2. The topological polar surface area (TPSA) is 87.7 Å². The van der Waals surface area contributed by atoms with Gasteiger partial charge in [-0.1, -0.05) is 0 Å². The molecule has 0 saturated heterocycles. The summed E-state index contributed by atoms with van der Waals surface area (Å²) in [5, 5.41) is 9.10. The Morgan fingerprint density at radius 3 is 2.46 bits per heavy atom. The Kier molecular flexibility index (Phi) is 6.43. The number of rotatable bonds is 8. The van der Waals surface area contributed by atoms with Crippen molar-refractivity contribution in [1.82, 2.24) is 14.9 Å². The van der Waals surface area contributed by atoms with Crippen molar-refractivity contribution in [2.24, 2.45) is 0 Å². The third kappa shape index (κ3) is 5.09. The van der Waals surface area contributed by atoms with E-state index in [0.29, 0.717) is 11.5 Å². The monoisotopic (exact) mass is 375 g/mol. The second kappa shape index (κ2) is 8.37. The number of fused-ring (bicyclic) bond motifs is 1. The SMILES string of the molecule is COc1cc2nc(CN(CCCO)CC(F)(F)F)[nH]c(=O)c2cc1OC. The predicted molar refractivity (Wildman–Crippen MR) is 88.5 cm³/mol. The molecule has 0 unspecified atom stereocenters. The number of alkyl halides is 3. The fourth-order valence-electron chi connectivity index (χ4n) is 2.56. The standard InChI is InChI=1S/C16H20F3N3O4/c1-25-12-6-10-11(7-13(12)26-2)20-14(21-15(10)24)8-22(4-3-5-23)9-16(17,18)19/h6-7,23H,3-5,8-9H2,1-2H3,(H,20,21,24). The highest BCUT2D eigenvalue weighted by atomic mass is 19.4. The molecule has 1 aromatic heterocycles. The normalized spacial score (nSPS) is 12.0. The lowest BCUT2D eigenvalue weighted by Crippen LogP contribution is -2.35. The minimum atomic E-state index is -4.40. The van der Waals surface area contributed by atoms with E-state index >= 15 is 0 Å². The van der Waals surface area contributed by atoms with Gasteiger partial charge < -0.3 is 19.6 Å². The molecule has 0 aliphatic carbocycles. The fraction of sp³-hybridized carbons (Fsp3) is 0.500. The van der Waals surface area contributed by atoms with Crippen molar-refractivity contribution in [2.75, 3.05) is 33.9 Å². The number of aromatic nitrogens is 2. The molecule has 10 heteroatoms. The van der Waals surface area contributed by atoms with E-state index in [0.717, 1.165) is 4.90 Å². The van der Waals surface area contributed by atoms with Gasteiger partial charge in [-0.2, -0.15) is 13.2 Å². The lowest BCUT2D eigenvalue weighted by Gasteiger charge is -2.22. The van der Waals surface area contributed by atoms with E-state index in [1.54, 1.807) is 0 Å². The van der Waals surface area contributed by atoms with Gasteiger partial charge in [-0.3, -0.25) is 9.69 Å². The predicted octanol–water partition coefficient (Wildman–Crippen LogP) is 1.69. The first-order chi connectivity index (χ1) is 12.3. The van der Waals surface area contributed by atoms with Crippen LogP contribution in [0.1, 0.15) is 12.2 Å². The number of nitrogens with one attached hydrogen (secondary N) is 1. The highest BCUT2D eigenvalue weighted by Crippen LogP contribution is 2.30. The van der Waals surface area contributed by atoms with Crippen LogP contribution in [0.15, 0.2) is 16.9 Å². The van der Waals surface area contributed by atoms with Gasteiger partial charge in [0.1, 0.15) is 5.82 Å². The molecular formula is C16H20F3N3O4. The Hall–Kier alpha value is -2.33. The van der Waals surface area contributed by atoms with E-state index in [-0.39, 0.29) is 42.8 Å². The number of ether oxygens (including phenoxy) is 2. The van der Waals surface area contributed by atoms with E-state index in [1.807, 2.05) is 0 Å². The first-order valence-corrected chi connectivity index (χ1v) is 7.82. The minimum Gasteiger partial charge on any atom is -0.493 e. The van der Waals surface area contributed by atoms with Crippen LogP contribution in [0.25, 0.3) is 10.9 Å². The van der Waals surface area contributed by atoms with Gasteiger partial charge in [0.25, 0.3) is 5.56 Å². The summed E-state index contributed by atoms with van der Waals surface area (Å²) in [5.41, 5.74) is -0.199. The number of aliphatic hydroxyl groups excluding tert-OH is 1. The smallest absolute Gasteiger partial charge is 0.401 e. The summed E-state index contributed by atoms with van der Waals surface area (Å²) in [7, 11) is 2.85. The molecule has 2 N–H and O–H groups in total. The van der Waals surface area contributed by atoms with Crippen molar-refractivity contribution in [1.29, 1.82) is 0 Å². The summed E-state index contributed by atoms with van der Waals surface area (Å²) in [5.74, 6) is 0.801. The molecule has 1 heterocycles. The quantitative estimate of drug-likeness (QED) is 0.730. The van der Waals surface area contributed by atoms with E-state index in [4.69, 9.17) is 14.6 Å². The Morgan fingerprint density at radius 1 is 1.23 bits per heavy atom. The van der Waals surface area contributed by atoms with Crippen LogP contribution in [0.2, 0.25) is 0 Å². The molecule has 7 nitrogen and oxygen atoms in total. The Morgan fingerprint density at radius 2 is 1.88 bits per heavy atom. The van der Waals surface area contributed by atoms with Crippen molar-refractivity contribution >= 4 is 10.9 Å². The number of hydrogen-bond acceptors (Lipinski definition) is 6. The van der Waals surface area contributed by atoms with Gasteiger partial charge in [0.2, 0.25) is 0 Å².